The minimum atomic E-state index is 0.408. The molecule has 1 rings (SSSR count). The Kier molecular flexibility index (Phi) is 5.92. The van der Waals surface area contributed by atoms with E-state index in [0.717, 1.165) is 18.2 Å². The third-order valence-electron chi connectivity index (χ3n) is 2.90. The lowest BCUT2D eigenvalue weighted by Crippen LogP contribution is -2.18. The largest absolute Gasteiger partial charge is 0.351 e. The Hall–Kier alpha value is -0.610. The second-order valence-corrected chi connectivity index (χ2v) is 5.51. The van der Waals surface area contributed by atoms with Gasteiger partial charge in [-0.3, -0.25) is 0 Å². The zero-order valence-electron chi connectivity index (χ0n) is 11.7. The van der Waals surface area contributed by atoms with Gasteiger partial charge in [0.25, 0.3) is 0 Å². The molecule has 1 N–H and O–H groups in total. The fourth-order valence-corrected chi connectivity index (χ4v) is 2.93. The van der Waals surface area contributed by atoms with Crippen molar-refractivity contribution >= 4 is 16.5 Å². The van der Waals surface area contributed by atoms with Crippen LogP contribution in [0, 0.1) is 6.92 Å². The monoisotopic (exact) mass is 255 g/mol. The molecule has 17 heavy (non-hydrogen) atoms. The predicted octanol–water partition coefficient (Wildman–Crippen LogP) is 3.36. The van der Waals surface area contributed by atoms with Gasteiger partial charge >= 0.3 is 0 Å². The molecule has 1 atom stereocenters. The first kappa shape index (κ1) is 14.5. The average molecular weight is 255 g/mol. The molecule has 0 amide bonds. The van der Waals surface area contributed by atoms with E-state index >= 15 is 0 Å². The van der Waals surface area contributed by atoms with Crippen molar-refractivity contribution in [3.63, 3.8) is 0 Å². The standard InChI is InChI=1S/C13H25N3S/c1-6-8-9-16(5)13-15-11(4)12(17-13)10(3)14-7-2/h10,14H,6-9H2,1-5H3. The Morgan fingerprint density at radius 2 is 2.12 bits per heavy atom. The molecule has 1 aromatic heterocycles. The second kappa shape index (κ2) is 6.97. The highest BCUT2D eigenvalue weighted by Crippen LogP contribution is 2.30. The van der Waals surface area contributed by atoms with E-state index in [0.29, 0.717) is 6.04 Å². The Balaban J connectivity index is 2.73. The fourth-order valence-electron chi connectivity index (χ4n) is 1.85. The van der Waals surface area contributed by atoms with Crippen LogP contribution in [0.4, 0.5) is 5.13 Å². The van der Waals surface area contributed by atoms with Crippen molar-refractivity contribution in [3.8, 4) is 0 Å². The van der Waals surface area contributed by atoms with E-state index in [-0.39, 0.29) is 0 Å². The Labute approximate surface area is 109 Å². The number of aryl methyl sites for hydroxylation is 1. The molecule has 0 aliphatic carbocycles. The van der Waals surface area contributed by atoms with Crippen LogP contribution in [0.2, 0.25) is 0 Å². The van der Waals surface area contributed by atoms with Crippen molar-refractivity contribution in [1.82, 2.24) is 10.3 Å². The van der Waals surface area contributed by atoms with Crippen molar-refractivity contribution in [2.45, 2.75) is 46.6 Å². The highest BCUT2D eigenvalue weighted by atomic mass is 32.1. The van der Waals surface area contributed by atoms with Gasteiger partial charge in [0.05, 0.1) is 5.69 Å². The van der Waals surface area contributed by atoms with Crippen molar-refractivity contribution < 1.29 is 0 Å². The van der Waals surface area contributed by atoms with E-state index in [9.17, 15) is 0 Å². The zero-order valence-corrected chi connectivity index (χ0v) is 12.5. The summed E-state index contributed by atoms with van der Waals surface area (Å²) >= 11 is 1.82. The summed E-state index contributed by atoms with van der Waals surface area (Å²) in [5, 5.41) is 4.60. The van der Waals surface area contributed by atoms with Gasteiger partial charge in [0, 0.05) is 24.5 Å². The maximum Gasteiger partial charge on any atom is 0.185 e. The first-order valence-corrected chi connectivity index (χ1v) is 7.33. The second-order valence-electron chi connectivity index (χ2n) is 4.50. The highest BCUT2D eigenvalue weighted by Gasteiger charge is 2.15. The third-order valence-corrected chi connectivity index (χ3v) is 4.35. The van der Waals surface area contributed by atoms with Crippen molar-refractivity contribution in [2.75, 3.05) is 25.0 Å². The van der Waals surface area contributed by atoms with Crippen LogP contribution >= 0.6 is 11.3 Å². The quantitative estimate of drug-likeness (QED) is 0.810. The minimum Gasteiger partial charge on any atom is -0.351 e. The zero-order chi connectivity index (χ0) is 12.8. The minimum absolute atomic E-state index is 0.408. The number of unbranched alkanes of at least 4 members (excludes halogenated alkanes) is 1. The van der Waals surface area contributed by atoms with Crippen LogP contribution in [0.15, 0.2) is 0 Å². The number of anilines is 1. The third kappa shape index (κ3) is 3.96. The topological polar surface area (TPSA) is 28.2 Å². The number of aromatic nitrogens is 1. The van der Waals surface area contributed by atoms with E-state index in [2.05, 4.69) is 49.9 Å². The first-order valence-electron chi connectivity index (χ1n) is 6.51. The number of hydrogen-bond donors (Lipinski definition) is 1. The molecule has 0 saturated carbocycles. The molecule has 0 spiro atoms. The molecule has 0 aliphatic heterocycles. The molecule has 1 aromatic rings. The highest BCUT2D eigenvalue weighted by molar-refractivity contribution is 7.15. The Morgan fingerprint density at radius 1 is 1.41 bits per heavy atom. The van der Waals surface area contributed by atoms with Crippen LogP contribution in [-0.2, 0) is 0 Å². The van der Waals surface area contributed by atoms with Crippen molar-refractivity contribution in [2.24, 2.45) is 0 Å². The number of rotatable bonds is 7. The molecular weight excluding hydrogens is 230 g/mol. The van der Waals surface area contributed by atoms with Gasteiger partial charge in [0.2, 0.25) is 0 Å². The van der Waals surface area contributed by atoms with Gasteiger partial charge in [-0.2, -0.15) is 0 Å². The van der Waals surface area contributed by atoms with Crippen LogP contribution in [0.1, 0.15) is 50.2 Å². The van der Waals surface area contributed by atoms with Crippen LogP contribution in [-0.4, -0.2) is 25.1 Å². The maximum atomic E-state index is 4.67. The fraction of sp³-hybridized carbons (Fsp3) is 0.769. The van der Waals surface area contributed by atoms with Crippen LogP contribution in [0.25, 0.3) is 0 Å². The van der Waals surface area contributed by atoms with Gasteiger partial charge < -0.3 is 10.2 Å². The number of nitrogens with one attached hydrogen (secondary N) is 1. The van der Waals surface area contributed by atoms with Gasteiger partial charge in [-0.05, 0) is 26.8 Å². The van der Waals surface area contributed by atoms with Gasteiger partial charge in [0.15, 0.2) is 5.13 Å². The molecular formula is C13H25N3S. The normalized spacial score (nSPS) is 12.8. The molecule has 0 radical (unpaired) electrons. The summed E-state index contributed by atoms with van der Waals surface area (Å²) in [7, 11) is 2.13. The Bertz CT molecular complexity index is 335. The van der Waals surface area contributed by atoms with Crippen LogP contribution in [0.3, 0.4) is 0 Å². The molecule has 0 fully saturated rings. The number of nitrogens with zero attached hydrogens (tertiary/aromatic N) is 2. The molecule has 0 aliphatic rings. The van der Waals surface area contributed by atoms with Gasteiger partial charge in [-0.15, -0.1) is 11.3 Å². The molecule has 1 unspecified atom stereocenters. The lowest BCUT2D eigenvalue weighted by Gasteiger charge is -2.14. The molecule has 0 bridgehead atoms. The van der Waals surface area contributed by atoms with E-state index < -0.39 is 0 Å². The van der Waals surface area contributed by atoms with Crippen LogP contribution in [0.5, 0.6) is 0 Å². The summed E-state index contributed by atoms with van der Waals surface area (Å²) in [5.74, 6) is 0. The van der Waals surface area contributed by atoms with Crippen LogP contribution < -0.4 is 10.2 Å². The van der Waals surface area contributed by atoms with E-state index in [4.69, 9.17) is 0 Å². The lowest BCUT2D eigenvalue weighted by atomic mass is 10.2. The molecule has 0 aromatic carbocycles. The number of thiazole rings is 1. The molecule has 98 valence electrons. The SMILES string of the molecule is CCCCN(C)c1nc(C)c(C(C)NCC)s1. The summed E-state index contributed by atoms with van der Waals surface area (Å²) in [4.78, 5) is 8.30. The predicted molar refractivity (Wildman–Crippen MR) is 77.1 cm³/mol. The van der Waals surface area contributed by atoms with E-state index in [1.807, 2.05) is 11.3 Å². The smallest absolute Gasteiger partial charge is 0.185 e. The van der Waals surface area contributed by atoms with Gasteiger partial charge in [-0.1, -0.05) is 20.3 Å². The maximum absolute atomic E-state index is 4.67. The molecule has 0 saturated heterocycles. The van der Waals surface area contributed by atoms with Gasteiger partial charge in [-0.25, -0.2) is 4.98 Å². The molecule has 1 heterocycles. The summed E-state index contributed by atoms with van der Waals surface area (Å²) in [6.07, 6.45) is 2.46. The summed E-state index contributed by atoms with van der Waals surface area (Å²) in [6.45, 7) is 10.8. The van der Waals surface area contributed by atoms with Crippen molar-refractivity contribution in [1.29, 1.82) is 0 Å². The number of hydrogen-bond acceptors (Lipinski definition) is 4. The summed E-state index contributed by atoms with van der Waals surface area (Å²) in [5.41, 5.74) is 1.17. The van der Waals surface area contributed by atoms with E-state index in [1.54, 1.807) is 0 Å². The first-order chi connectivity index (χ1) is 8.10. The average Bonchev–Trinajstić information content (AvgIpc) is 2.68. The van der Waals surface area contributed by atoms with Crippen molar-refractivity contribution in [3.05, 3.63) is 10.6 Å². The summed E-state index contributed by atoms with van der Waals surface area (Å²) in [6, 6.07) is 0.408. The molecule has 4 heteroatoms. The summed E-state index contributed by atoms with van der Waals surface area (Å²) < 4.78 is 0. The molecule has 3 nitrogen and oxygen atoms in total. The van der Waals surface area contributed by atoms with E-state index in [1.165, 1.54) is 23.4 Å². The Morgan fingerprint density at radius 3 is 2.71 bits per heavy atom. The van der Waals surface area contributed by atoms with Gasteiger partial charge in [0.1, 0.15) is 0 Å². The lowest BCUT2D eigenvalue weighted by molar-refractivity contribution is 0.603.